The average molecular weight is 395 g/mol. The molecule has 0 bridgehead atoms. The van der Waals surface area contributed by atoms with Gasteiger partial charge < -0.3 is 24.7 Å². The van der Waals surface area contributed by atoms with Gasteiger partial charge in [-0.2, -0.15) is 0 Å². The maximum Gasteiger partial charge on any atom is 0.219 e. The summed E-state index contributed by atoms with van der Waals surface area (Å²) in [4.78, 5) is 19.5. The van der Waals surface area contributed by atoms with Crippen molar-refractivity contribution in [2.75, 3.05) is 19.9 Å². The summed E-state index contributed by atoms with van der Waals surface area (Å²) in [5.41, 5.74) is 8.06. The summed E-state index contributed by atoms with van der Waals surface area (Å²) in [7, 11) is 0. The van der Waals surface area contributed by atoms with Gasteiger partial charge in [-0.1, -0.05) is 13.0 Å². The van der Waals surface area contributed by atoms with Crippen molar-refractivity contribution in [3.05, 3.63) is 59.9 Å². The monoisotopic (exact) mass is 395 g/mol. The van der Waals surface area contributed by atoms with Crippen LogP contribution in [0, 0.1) is 0 Å². The van der Waals surface area contributed by atoms with Gasteiger partial charge >= 0.3 is 0 Å². The third-order valence-electron chi connectivity index (χ3n) is 4.43. The average Bonchev–Trinajstić information content (AvgIpc) is 3.13. The minimum absolute atomic E-state index is 0.114. The van der Waals surface area contributed by atoms with E-state index in [1.54, 1.807) is 18.3 Å². The van der Waals surface area contributed by atoms with Crippen LogP contribution in [0.1, 0.15) is 36.8 Å². The van der Waals surface area contributed by atoms with E-state index in [0.717, 1.165) is 29.6 Å². The van der Waals surface area contributed by atoms with Crippen molar-refractivity contribution in [1.82, 2.24) is 4.98 Å². The molecule has 2 N–H and O–H groups in total. The molecule has 152 valence electrons. The number of fused-ring (bicyclic) bond motifs is 1. The molecule has 7 heteroatoms. The Bertz CT molecular complexity index is 878. The fourth-order valence-corrected chi connectivity index (χ4v) is 3.00. The summed E-state index contributed by atoms with van der Waals surface area (Å²) in [6, 6.07) is 9.25. The van der Waals surface area contributed by atoms with Crippen LogP contribution in [0.3, 0.4) is 0 Å². The maximum atomic E-state index is 10.8. The number of aliphatic imine (C=N–C) groups is 1. The summed E-state index contributed by atoms with van der Waals surface area (Å²) < 4.78 is 16.9. The van der Waals surface area contributed by atoms with Crippen LogP contribution in [0.5, 0.6) is 17.4 Å². The van der Waals surface area contributed by atoms with E-state index in [9.17, 15) is 4.79 Å². The molecule has 0 radical (unpaired) electrons. The molecule has 29 heavy (non-hydrogen) atoms. The van der Waals surface area contributed by atoms with Gasteiger partial charge in [0.15, 0.2) is 0 Å². The number of carbonyl (C=O) groups excluding carboxylic acids is 1. The summed E-state index contributed by atoms with van der Waals surface area (Å²) >= 11 is 0. The molecular weight excluding hydrogens is 370 g/mol. The summed E-state index contributed by atoms with van der Waals surface area (Å²) in [6.45, 7) is 3.49. The van der Waals surface area contributed by atoms with E-state index in [4.69, 9.17) is 19.9 Å². The van der Waals surface area contributed by atoms with Gasteiger partial charge in [0.1, 0.15) is 24.5 Å². The van der Waals surface area contributed by atoms with Gasteiger partial charge in [0, 0.05) is 48.4 Å². The van der Waals surface area contributed by atoms with Crippen LogP contribution in [0.25, 0.3) is 0 Å². The zero-order valence-corrected chi connectivity index (χ0v) is 16.4. The highest BCUT2D eigenvalue weighted by Crippen LogP contribution is 2.38. The first-order valence-corrected chi connectivity index (χ1v) is 9.60. The second-order valence-electron chi connectivity index (χ2n) is 6.54. The molecule has 0 saturated carbocycles. The fourth-order valence-electron chi connectivity index (χ4n) is 3.00. The van der Waals surface area contributed by atoms with Crippen molar-refractivity contribution < 1.29 is 19.0 Å². The largest absolute Gasteiger partial charge is 0.492 e. The Morgan fingerprint density at radius 3 is 3.00 bits per heavy atom. The molecule has 0 fully saturated rings. The highest BCUT2D eigenvalue weighted by atomic mass is 16.5. The molecule has 3 rings (SSSR count). The first kappa shape index (κ1) is 20.5. The lowest BCUT2D eigenvalue weighted by Gasteiger charge is -2.08. The summed E-state index contributed by atoms with van der Waals surface area (Å²) in [6.07, 6.45) is 7.15. The number of hydrogen-bond donors (Lipinski definition) is 1. The van der Waals surface area contributed by atoms with E-state index in [0.29, 0.717) is 37.0 Å². The first-order chi connectivity index (χ1) is 14.2. The molecule has 7 nitrogen and oxygen atoms in total. The SMILES string of the molecule is CCCOC/N=C(/C=C\N)c1ccc(Oc2ccc3c(c2)OCC3CC=O)nc1. The van der Waals surface area contributed by atoms with Crippen LogP contribution >= 0.6 is 0 Å². The van der Waals surface area contributed by atoms with E-state index < -0.39 is 0 Å². The third-order valence-corrected chi connectivity index (χ3v) is 4.43. The van der Waals surface area contributed by atoms with E-state index in [-0.39, 0.29) is 12.6 Å². The number of nitrogens with zero attached hydrogens (tertiary/aromatic N) is 2. The maximum absolute atomic E-state index is 10.8. The minimum atomic E-state index is 0.114. The Balaban J connectivity index is 1.68. The van der Waals surface area contributed by atoms with Crippen molar-refractivity contribution in [3.8, 4) is 17.4 Å². The second-order valence-corrected chi connectivity index (χ2v) is 6.54. The Hall–Kier alpha value is -3.19. The molecule has 0 saturated heterocycles. The lowest BCUT2D eigenvalue weighted by atomic mass is 9.99. The van der Waals surface area contributed by atoms with Crippen LogP contribution in [0.4, 0.5) is 0 Å². The molecule has 1 atom stereocenters. The highest BCUT2D eigenvalue weighted by molar-refractivity contribution is 6.08. The van der Waals surface area contributed by atoms with Crippen LogP contribution in [0.2, 0.25) is 0 Å². The van der Waals surface area contributed by atoms with Crippen molar-refractivity contribution in [2.24, 2.45) is 10.7 Å². The number of nitrogens with two attached hydrogens (primary N) is 1. The first-order valence-electron chi connectivity index (χ1n) is 9.60. The zero-order valence-electron chi connectivity index (χ0n) is 16.4. The van der Waals surface area contributed by atoms with Gasteiger partial charge in [-0.05, 0) is 30.8 Å². The van der Waals surface area contributed by atoms with Gasteiger partial charge in [-0.15, -0.1) is 0 Å². The van der Waals surface area contributed by atoms with E-state index in [2.05, 4.69) is 9.98 Å². The summed E-state index contributed by atoms with van der Waals surface area (Å²) in [5, 5.41) is 0. The Labute approximate surface area is 170 Å². The third kappa shape index (κ3) is 5.42. The molecule has 0 amide bonds. The van der Waals surface area contributed by atoms with E-state index in [1.165, 1.54) is 6.20 Å². The van der Waals surface area contributed by atoms with Crippen molar-refractivity contribution in [2.45, 2.75) is 25.7 Å². The van der Waals surface area contributed by atoms with Crippen molar-refractivity contribution in [3.63, 3.8) is 0 Å². The van der Waals surface area contributed by atoms with Crippen LogP contribution < -0.4 is 15.2 Å². The normalized spacial score (nSPS) is 15.9. The van der Waals surface area contributed by atoms with Gasteiger partial charge in [-0.3, -0.25) is 4.99 Å². The topological polar surface area (TPSA) is 96.0 Å². The van der Waals surface area contributed by atoms with Gasteiger partial charge in [-0.25, -0.2) is 4.98 Å². The number of pyridine rings is 1. The molecule has 1 aromatic carbocycles. The molecule has 1 aliphatic rings. The van der Waals surface area contributed by atoms with Crippen molar-refractivity contribution >= 4 is 12.0 Å². The standard InChI is InChI=1S/C22H25N3O4/c1-2-11-27-15-25-20(7-9-23)16-3-6-22(24-13-16)29-18-4-5-19-17(8-10-26)14-28-21(19)12-18/h3-7,9-10,12-13,17H,2,8,11,14-15,23H2,1H3/b9-7-,25-20-. The lowest BCUT2D eigenvalue weighted by molar-refractivity contribution is -0.108. The number of hydrogen-bond acceptors (Lipinski definition) is 7. The number of ether oxygens (including phenoxy) is 3. The Morgan fingerprint density at radius 2 is 2.28 bits per heavy atom. The number of benzene rings is 1. The van der Waals surface area contributed by atoms with Crippen molar-refractivity contribution in [1.29, 1.82) is 0 Å². The molecule has 2 heterocycles. The molecule has 2 aromatic rings. The minimum Gasteiger partial charge on any atom is -0.492 e. The molecule has 1 unspecified atom stereocenters. The second kappa shape index (κ2) is 10.4. The van der Waals surface area contributed by atoms with Crippen LogP contribution in [-0.2, 0) is 9.53 Å². The number of aldehydes is 1. The molecule has 1 aliphatic heterocycles. The lowest BCUT2D eigenvalue weighted by Crippen LogP contribution is -2.03. The van der Waals surface area contributed by atoms with Gasteiger partial charge in [0.25, 0.3) is 0 Å². The predicted octanol–water partition coefficient (Wildman–Crippen LogP) is 3.58. The van der Waals surface area contributed by atoms with Gasteiger partial charge in [0.05, 0.1) is 12.3 Å². The highest BCUT2D eigenvalue weighted by Gasteiger charge is 2.24. The predicted molar refractivity (Wildman–Crippen MR) is 111 cm³/mol. The Kier molecular flexibility index (Phi) is 7.35. The number of aromatic nitrogens is 1. The fraction of sp³-hybridized carbons (Fsp3) is 0.318. The zero-order chi connectivity index (χ0) is 20.5. The Morgan fingerprint density at radius 1 is 1.38 bits per heavy atom. The molecule has 0 aliphatic carbocycles. The van der Waals surface area contributed by atoms with Crippen LogP contribution in [-0.4, -0.2) is 36.9 Å². The van der Waals surface area contributed by atoms with Gasteiger partial charge in [0.2, 0.25) is 5.88 Å². The molecule has 1 aromatic heterocycles. The number of carbonyl (C=O) groups is 1. The molecular formula is C22H25N3O4. The quantitative estimate of drug-likeness (QED) is 0.375. The number of allylic oxidation sites excluding steroid dienone is 1. The van der Waals surface area contributed by atoms with E-state index >= 15 is 0 Å². The number of rotatable bonds is 10. The van der Waals surface area contributed by atoms with E-state index in [1.807, 2.05) is 31.2 Å². The van der Waals surface area contributed by atoms with Crippen LogP contribution in [0.15, 0.2) is 53.8 Å². The smallest absolute Gasteiger partial charge is 0.219 e. The summed E-state index contributed by atoms with van der Waals surface area (Å²) in [5.74, 6) is 1.94. The molecule has 0 spiro atoms.